The van der Waals surface area contributed by atoms with Crippen molar-refractivity contribution in [2.45, 2.75) is 123 Å². The third-order valence-electron chi connectivity index (χ3n) is 8.98. The summed E-state index contributed by atoms with van der Waals surface area (Å²) in [6.07, 6.45) is 2.51. The molecule has 2 aliphatic heterocycles. The molecule has 0 radical (unpaired) electrons. The minimum atomic E-state index is -0.948. The monoisotopic (exact) mass is 677 g/mol. The second-order valence-corrected chi connectivity index (χ2v) is 16.5. The van der Waals surface area contributed by atoms with Crippen molar-refractivity contribution in [3.05, 3.63) is 53.1 Å². The van der Waals surface area contributed by atoms with Gasteiger partial charge in [0.2, 0.25) is 0 Å². The first kappa shape index (κ1) is 36.5. The lowest BCUT2D eigenvalue weighted by Crippen LogP contribution is -2.56. The lowest BCUT2D eigenvalue weighted by molar-refractivity contribution is -0.0297. The Morgan fingerprint density at radius 1 is 1.00 bits per heavy atom. The molecule has 2 heterocycles. The van der Waals surface area contributed by atoms with Gasteiger partial charge in [0.25, 0.3) is 0 Å². The van der Waals surface area contributed by atoms with Crippen LogP contribution in [0, 0.1) is 10.8 Å². The number of hydrogen-bond donors (Lipinski definition) is 2. The van der Waals surface area contributed by atoms with Gasteiger partial charge in [-0.1, -0.05) is 19.9 Å². The summed E-state index contributed by atoms with van der Waals surface area (Å²) in [5.74, 6) is -0.100. The van der Waals surface area contributed by atoms with E-state index in [-0.39, 0.29) is 40.3 Å². The number of ether oxygens (including phenoxy) is 4. The number of carbonyl (C=O) groups is 2. The standard InChI is InChI=1S/C37H52BN3O8/c1-34(2,3)46-32(42)29-27(44-26-20-41(21-26)31(40)24-10-13-25(39)14-11-24)15-12-23(30(29)45-33(43)47-35(4,5)6)17-19-38-48-28-16-18-36(7,8)22-37(28,9)49-38/h10-15,26,28,40H,16-22,39H2,1-9H3. The summed E-state index contributed by atoms with van der Waals surface area (Å²) < 4.78 is 36.5. The highest BCUT2D eigenvalue weighted by Crippen LogP contribution is 2.48. The van der Waals surface area contributed by atoms with E-state index in [4.69, 9.17) is 39.4 Å². The van der Waals surface area contributed by atoms with E-state index in [1.165, 1.54) is 0 Å². The Balaban J connectivity index is 1.40. The van der Waals surface area contributed by atoms with Crippen molar-refractivity contribution < 1.29 is 37.8 Å². The number of fused-ring (bicyclic) bond motifs is 1. The number of nitrogens with two attached hydrogens (primary N) is 1. The Morgan fingerprint density at radius 3 is 2.29 bits per heavy atom. The van der Waals surface area contributed by atoms with E-state index in [1.54, 1.807) is 65.8 Å². The third kappa shape index (κ3) is 9.08. The minimum Gasteiger partial charge on any atom is -0.486 e. The van der Waals surface area contributed by atoms with Gasteiger partial charge in [0, 0.05) is 11.3 Å². The number of hydrogen-bond acceptors (Lipinski definition) is 10. The van der Waals surface area contributed by atoms with Crippen molar-refractivity contribution in [3.8, 4) is 11.5 Å². The van der Waals surface area contributed by atoms with Gasteiger partial charge in [0.1, 0.15) is 34.5 Å². The van der Waals surface area contributed by atoms with E-state index in [1.807, 2.05) is 17.0 Å². The van der Waals surface area contributed by atoms with Gasteiger partial charge in [0.15, 0.2) is 5.75 Å². The van der Waals surface area contributed by atoms with Gasteiger partial charge in [-0.2, -0.15) is 0 Å². The lowest BCUT2D eigenvalue weighted by atomic mass is 9.69. The quantitative estimate of drug-likeness (QED) is 0.0746. The summed E-state index contributed by atoms with van der Waals surface area (Å²) in [7, 11) is -0.448. The zero-order chi connectivity index (χ0) is 35.9. The minimum absolute atomic E-state index is 0.000912. The van der Waals surface area contributed by atoms with Crippen LogP contribution < -0.4 is 15.2 Å². The molecule has 12 heteroatoms. The van der Waals surface area contributed by atoms with E-state index >= 15 is 0 Å². The van der Waals surface area contributed by atoms with Crippen LogP contribution >= 0.6 is 0 Å². The summed E-state index contributed by atoms with van der Waals surface area (Å²) in [5.41, 5.74) is 5.91. The van der Waals surface area contributed by atoms with E-state index in [0.717, 1.165) is 24.8 Å². The number of esters is 1. The molecule has 1 saturated carbocycles. The summed E-state index contributed by atoms with van der Waals surface area (Å²) in [6.45, 7) is 18.0. The molecule has 11 nitrogen and oxygen atoms in total. The number of nitrogens with one attached hydrogen (secondary N) is 1. The molecule has 0 aromatic heterocycles. The van der Waals surface area contributed by atoms with Crippen LogP contribution in [0.25, 0.3) is 0 Å². The number of likely N-dealkylation sites (tertiary alicyclic amines) is 1. The molecule has 2 saturated heterocycles. The molecule has 3 fully saturated rings. The predicted octanol–water partition coefficient (Wildman–Crippen LogP) is 7.04. The number of carbonyl (C=O) groups excluding carboxylic acids is 2. The maximum atomic E-state index is 13.9. The molecular formula is C37H52BN3O8. The van der Waals surface area contributed by atoms with Crippen LogP contribution in [0.4, 0.5) is 10.5 Å². The zero-order valence-electron chi connectivity index (χ0n) is 30.4. The summed E-state index contributed by atoms with van der Waals surface area (Å²) in [5, 5.41) is 8.61. The van der Waals surface area contributed by atoms with Crippen molar-refractivity contribution in [2.24, 2.45) is 5.41 Å². The molecular weight excluding hydrogens is 625 g/mol. The molecule has 3 N–H and O–H groups in total. The van der Waals surface area contributed by atoms with E-state index in [0.29, 0.717) is 42.9 Å². The molecule has 1 aliphatic carbocycles. The van der Waals surface area contributed by atoms with Crippen LogP contribution in [0.15, 0.2) is 36.4 Å². The fourth-order valence-electron chi connectivity index (χ4n) is 6.82. The fourth-order valence-corrected chi connectivity index (χ4v) is 6.82. The Bertz CT molecular complexity index is 1560. The van der Waals surface area contributed by atoms with Crippen LogP contribution in [0.5, 0.6) is 11.5 Å². The second-order valence-electron chi connectivity index (χ2n) is 16.5. The largest absolute Gasteiger partial charge is 0.514 e. The van der Waals surface area contributed by atoms with Gasteiger partial charge in [-0.25, -0.2) is 9.59 Å². The third-order valence-corrected chi connectivity index (χ3v) is 8.98. The molecule has 2 aromatic rings. The number of benzene rings is 2. The maximum absolute atomic E-state index is 13.9. The van der Waals surface area contributed by atoms with Crippen LogP contribution in [0.2, 0.25) is 6.32 Å². The van der Waals surface area contributed by atoms with Gasteiger partial charge >= 0.3 is 19.2 Å². The highest BCUT2D eigenvalue weighted by molar-refractivity contribution is 6.45. The molecule has 0 spiro atoms. The average Bonchev–Trinajstić information content (AvgIpc) is 3.26. The van der Waals surface area contributed by atoms with Crippen molar-refractivity contribution in [1.29, 1.82) is 5.41 Å². The Morgan fingerprint density at radius 2 is 1.65 bits per heavy atom. The topological polar surface area (TPSA) is 143 Å². The predicted molar refractivity (Wildman–Crippen MR) is 188 cm³/mol. The average molecular weight is 678 g/mol. The first-order chi connectivity index (χ1) is 22.7. The maximum Gasteiger partial charge on any atom is 0.514 e. The molecule has 266 valence electrons. The molecule has 0 amide bonds. The van der Waals surface area contributed by atoms with Crippen LogP contribution in [0.3, 0.4) is 0 Å². The smallest absolute Gasteiger partial charge is 0.486 e. The molecule has 49 heavy (non-hydrogen) atoms. The highest BCUT2D eigenvalue weighted by Gasteiger charge is 2.53. The summed E-state index contributed by atoms with van der Waals surface area (Å²) >= 11 is 0. The number of anilines is 1. The van der Waals surface area contributed by atoms with E-state index in [2.05, 4.69) is 20.8 Å². The fraction of sp³-hybridized carbons (Fsp3) is 0.595. The Kier molecular flexibility index (Phi) is 10.1. The number of nitrogen functional groups attached to an aromatic ring is 1. The Labute approximate surface area is 290 Å². The van der Waals surface area contributed by atoms with Crippen molar-refractivity contribution in [3.63, 3.8) is 0 Å². The van der Waals surface area contributed by atoms with Crippen LogP contribution in [-0.2, 0) is 25.2 Å². The number of nitrogens with zero attached hydrogens (tertiary/aromatic N) is 1. The van der Waals surface area contributed by atoms with Gasteiger partial charge < -0.3 is 38.9 Å². The molecule has 2 atom stereocenters. The van der Waals surface area contributed by atoms with Crippen molar-refractivity contribution in [2.75, 3.05) is 18.8 Å². The van der Waals surface area contributed by atoms with Gasteiger partial charge in [0.05, 0.1) is 24.8 Å². The zero-order valence-corrected chi connectivity index (χ0v) is 30.4. The number of aryl methyl sites for hydroxylation is 1. The highest BCUT2D eigenvalue weighted by atomic mass is 16.7. The van der Waals surface area contributed by atoms with Crippen LogP contribution in [-0.4, -0.2) is 72.1 Å². The van der Waals surface area contributed by atoms with Crippen molar-refractivity contribution >= 4 is 30.8 Å². The molecule has 5 rings (SSSR count). The lowest BCUT2D eigenvalue weighted by Gasteiger charge is -2.43. The van der Waals surface area contributed by atoms with Crippen LogP contribution in [0.1, 0.15) is 103 Å². The number of amidine groups is 1. The van der Waals surface area contributed by atoms with E-state index in [9.17, 15) is 9.59 Å². The molecule has 2 aromatic carbocycles. The second kappa shape index (κ2) is 13.5. The summed E-state index contributed by atoms with van der Waals surface area (Å²) in [6, 6.07) is 10.6. The SMILES string of the molecule is CC1(C)CCC2OB(CCc3ccc(OC4CN(C(=N)c5ccc(N)cc5)C4)c(C(=O)OC(C)(C)C)c3OC(=O)OC(C)(C)C)OC2(C)C1. The first-order valence-corrected chi connectivity index (χ1v) is 17.2. The van der Waals surface area contributed by atoms with Gasteiger partial charge in [-0.15, -0.1) is 0 Å². The van der Waals surface area contributed by atoms with Gasteiger partial charge in [-0.05, 0) is 122 Å². The molecule has 3 aliphatic rings. The summed E-state index contributed by atoms with van der Waals surface area (Å²) in [4.78, 5) is 28.9. The Hall–Kier alpha value is -3.77. The number of rotatable bonds is 8. The first-order valence-electron chi connectivity index (χ1n) is 17.2. The normalized spacial score (nSPS) is 22.2. The van der Waals surface area contributed by atoms with Crippen molar-refractivity contribution in [1.82, 2.24) is 4.90 Å². The van der Waals surface area contributed by atoms with Gasteiger partial charge in [-0.3, -0.25) is 5.41 Å². The van der Waals surface area contributed by atoms with E-state index < -0.39 is 30.4 Å². The molecule has 0 bridgehead atoms. The molecule has 2 unspecified atom stereocenters.